The van der Waals surface area contributed by atoms with Crippen LogP contribution < -0.4 is 0 Å². The molecule has 0 radical (unpaired) electrons. The third-order valence-electron chi connectivity index (χ3n) is 3.13. The van der Waals surface area contributed by atoms with Crippen molar-refractivity contribution < 1.29 is 22.7 Å². The first-order valence-electron chi connectivity index (χ1n) is 6.05. The Morgan fingerprint density at radius 1 is 1.55 bits per heavy atom. The Labute approximate surface area is 122 Å². The average Bonchev–Trinajstić information content (AvgIpc) is 2.41. The molecule has 0 aliphatic carbocycles. The third-order valence-corrected chi connectivity index (χ3v) is 5.59. The predicted octanol–water partition coefficient (Wildman–Crippen LogP) is 1.25. The van der Waals surface area contributed by atoms with Crippen LogP contribution in [0, 0.1) is 5.82 Å². The lowest BCUT2D eigenvalue weighted by Gasteiger charge is -2.36. The average molecular weight is 324 g/mol. The Morgan fingerprint density at radius 3 is 2.90 bits per heavy atom. The van der Waals surface area contributed by atoms with Gasteiger partial charge in [-0.15, -0.1) is 0 Å². The fourth-order valence-corrected chi connectivity index (χ4v) is 4.17. The minimum atomic E-state index is -3.94. The number of aliphatic hydroxyl groups is 1. The van der Waals surface area contributed by atoms with Gasteiger partial charge in [-0.3, -0.25) is 0 Å². The molecule has 2 atom stereocenters. The zero-order chi connectivity index (χ0) is 14.9. The number of ether oxygens (including phenoxy) is 1. The molecule has 20 heavy (non-hydrogen) atoms. The van der Waals surface area contributed by atoms with E-state index in [1.807, 2.05) is 0 Å². The summed E-state index contributed by atoms with van der Waals surface area (Å²) in [5, 5.41) is 9.06. The van der Waals surface area contributed by atoms with Gasteiger partial charge in [-0.1, -0.05) is 11.6 Å². The fourth-order valence-electron chi connectivity index (χ4n) is 2.04. The van der Waals surface area contributed by atoms with Gasteiger partial charge in [-0.2, -0.15) is 4.31 Å². The van der Waals surface area contributed by atoms with E-state index in [1.54, 1.807) is 6.92 Å². The van der Waals surface area contributed by atoms with Crippen molar-refractivity contribution in [3.8, 4) is 0 Å². The van der Waals surface area contributed by atoms with Crippen LogP contribution in [0.3, 0.4) is 0 Å². The summed E-state index contributed by atoms with van der Waals surface area (Å²) >= 11 is 5.86. The molecule has 2 unspecified atom stereocenters. The number of hydrogen-bond acceptors (Lipinski definition) is 4. The molecule has 8 heteroatoms. The second-order valence-corrected chi connectivity index (χ2v) is 6.90. The predicted molar refractivity (Wildman–Crippen MR) is 71.6 cm³/mol. The highest BCUT2D eigenvalue weighted by Crippen LogP contribution is 2.28. The highest BCUT2D eigenvalue weighted by molar-refractivity contribution is 7.89. The standard InChI is InChI=1S/C12H15ClFNO4S/c1-8-7-19-10(6-16)5-15(8)20(17,18)12-4-9(14)2-3-11(12)13/h2-4,8,10,16H,5-7H2,1H3. The highest BCUT2D eigenvalue weighted by atomic mass is 35.5. The Balaban J connectivity index is 2.40. The second kappa shape index (κ2) is 5.95. The molecule has 1 aliphatic rings. The van der Waals surface area contributed by atoms with Crippen molar-refractivity contribution in [1.29, 1.82) is 0 Å². The van der Waals surface area contributed by atoms with E-state index in [0.717, 1.165) is 12.1 Å². The highest BCUT2D eigenvalue weighted by Gasteiger charge is 2.36. The van der Waals surface area contributed by atoms with E-state index in [2.05, 4.69) is 0 Å². The maximum absolute atomic E-state index is 13.3. The topological polar surface area (TPSA) is 66.8 Å². The van der Waals surface area contributed by atoms with Gasteiger partial charge in [0, 0.05) is 12.6 Å². The zero-order valence-electron chi connectivity index (χ0n) is 10.8. The fraction of sp³-hybridized carbons (Fsp3) is 0.500. The van der Waals surface area contributed by atoms with Crippen molar-refractivity contribution in [1.82, 2.24) is 4.31 Å². The van der Waals surface area contributed by atoms with Gasteiger partial charge in [0.1, 0.15) is 10.7 Å². The van der Waals surface area contributed by atoms with Crippen LogP contribution in [0.15, 0.2) is 23.1 Å². The molecule has 1 N–H and O–H groups in total. The molecule has 0 amide bonds. The van der Waals surface area contributed by atoms with Crippen LogP contribution in [-0.4, -0.2) is 49.7 Å². The van der Waals surface area contributed by atoms with Crippen LogP contribution in [0.2, 0.25) is 5.02 Å². The van der Waals surface area contributed by atoms with Gasteiger partial charge in [0.05, 0.1) is 24.3 Å². The summed E-state index contributed by atoms with van der Waals surface area (Å²) in [6.07, 6.45) is -0.590. The molecule has 0 spiro atoms. The van der Waals surface area contributed by atoms with Crippen molar-refractivity contribution >= 4 is 21.6 Å². The summed E-state index contributed by atoms with van der Waals surface area (Å²) in [6.45, 7) is 1.57. The maximum Gasteiger partial charge on any atom is 0.245 e. The number of aliphatic hydroxyl groups excluding tert-OH is 1. The monoisotopic (exact) mass is 323 g/mol. The van der Waals surface area contributed by atoms with Gasteiger partial charge in [0.15, 0.2) is 0 Å². The number of sulfonamides is 1. The molecule has 0 bridgehead atoms. The van der Waals surface area contributed by atoms with Crippen LogP contribution in [0.25, 0.3) is 0 Å². The quantitative estimate of drug-likeness (QED) is 0.909. The lowest BCUT2D eigenvalue weighted by Crippen LogP contribution is -2.51. The van der Waals surface area contributed by atoms with Crippen molar-refractivity contribution in [2.75, 3.05) is 19.8 Å². The first-order valence-corrected chi connectivity index (χ1v) is 7.87. The molecule has 1 saturated heterocycles. The maximum atomic E-state index is 13.3. The van der Waals surface area contributed by atoms with Crippen molar-refractivity contribution in [3.05, 3.63) is 29.0 Å². The molecule has 1 fully saturated rings. The van der Waals surface area contributed by atoms with Gasteiger partial charge in [-0.05, 0) is 25.1 Å². The van der Waals surface area contributed by atoms with Gasteiger partial charge < -0.3 is 9.84 Å². The summed E-state index contributed by atoms with van der Waals surface area (Å²) in [4.78, 5) is -0.274. The normalized spacial score (nSPS) is 24.8. The number of halogens is 2. The van der Waals surface area contributed by atoms with Crippen LogP contribution in [0.5, 0.6) is 0 Å². The molecule has 0 saturated carbocycles. The Kier molecular flexibility index (Phi) is 4.66. The first-order chi connectivity index (χ1) is 9.36. The largest absolute Gasteiger partial charge is 0.394 e. The minimum absolute atomic E-state index is 0.00679. The lowest BCUT2D eigenvalue weighted by atomic mass is 10.2. The first kappa shape index (κ1) is 15.7. The zero-order valence-corrected chi connectivity index (χ0v) is 12.4. The second-order valence-electron chi connectivity index (χ2n) is 4.64. The van der Waals surface area contributed by atoms with Crippen molar-refractivity contribution in [2.45, 2.75) is 24.0 Å². The molecular weight excluding hydrogens is 309 g/mol. The summed E-state index contributed by atoms with van der Waals surface area (Å²) < 4.78 is 44.9. The molecule has 1 aliphatic heterocycles. The lowest BCUT2D eigenvalue weighted by molar-refractivity contribution is -0.0516. The summed E-state index contributed by atoms with van der Waals surface area (Å²) in [6, 6.07) is 2.79. The van der Waals surface area contributed by atoms with Crippen LogP contribution >= 0.6 is 11.6 Å². The minimum Gasteiger partial charge on any atom is -0.394 e. The number of nitrogens with zero attached hydrogens (tertiary/aromatic N) is 1. The third kappa shape index (κ3) is 2.96. The van der Waals surface area contributed by atoms with E-state index >= 15 is 0 Å². The SMILES string of the molecule is CC1COC(CO)CN1S(=O)(=O)c1cc(F)ccc1Cl. The van der Waals surface area contributed by atoms with E-state index in [9.17, 15) is 12.8 Å². The summed E-state index contributed by atoms with van der Waals surface area (Å²) in [5.41, 5.74) is 0. The number of morpholine rings is 1. The molecule has 5 nitrogen and oxygen atoms in total. The van der Waals surface area contributed by atoms with Crippen molar-refractivity contribution in [2.24, 2.45) is 0 Å². The Morgan fingerprint density at radius 2 is 2.25 bits per heavy atom. The molecule has 0 aromatic heterocycles. The molecular formula is C12H15ClFNO4S. The smallest absolute Gasteiger partial charge is 0.245 e. The van der Waals surface area contributed by atoms with E-state index in [4.69, 9.17) is 21.4 Å². The number of benzene rings is 1. The van der Waals surface area contributed by atoms with Gasteiger partial charge in [-0.25, -0.2) is 12.8 Å². The summed E-state index contributed by atoms with van der Waals surface area (Å²) in [7, 11) is -3.94. The molecule has 112 valence electrons. The Hall–Kier alpha value is -0.730. The van der Waals surface area contributed by atoms with Gasteiger partial charge in [0.2, 0.25) is 10.0 Å². The Bertz CT molecular complexity index is 595. The number of hydrogen-bond donors (Lipinski definition) is 1. The van der Waals surface area contributed by atoms with Crippen LogP contribution in [0.1, 0.15) is 6.92 Å². The molecule has 1 heterocycles. The molecule has 1 aromatic rings. The van der Waals surface area contributed by atoms with Gasteiger partial charge >= 0.3 is 0 Å². The summed E-state index contributed by atoms with van der Waals surface area (Å²) in [5.74, 6) is -0.674. The van der Waals surface area contributed by atoms with E-state index in [1.165, 1.54) is 10.4 Å². The van der Waals surface area contributed by atoms with Crippen LogP contribution in [0.4, 0.5) is 4.39 Å². The van der Waals surface area contributed by atoms with Crippen LogP contribution in [-0.2, 0) is 14.8 Å². The number of rotatable bonds is 3. The molecule has 1 aromatic carbocycles. The van der Waals surface area contributed by atoms with E-state index < -0.39 is 28.0 Å². The van der Waals surface area contributed by atoms with E-state index in [0.29, 0.717) is 0 Å². The van der Waals surface area contributed by atoms with Gasteiger partial charge in [0.25, 0.3) is 0 Å². The molecule has 2 rings (SSSR count). The van der Waals surface area contributed by atoms with Crippen molar-refractivity contribution in [3.63, 3.8) is 0 Å². The van der Waals surface area contributed by atoms with E-state index in [-0.39, 0.29) is 29.7 Å².